The minimum absolute atomic E-state index is 0.0884. The van der Waals surface area contributed by atoms with Crippen molar-refractivity contribution in [2.45, 2.75) is 32.7 Å². The maximum Gasteiger partial charge on any atom is 0.409 e. The Labute approximate surface area is 162 Å². The first-order valence-corrected chi connectivity index (χ1v) is 9.21. The molecule has 1 aromatic heterocycles. The van der Waals surface area contributed by atoms with E-state index in [-0.39, 0.29) is 17.8 Å². The van der Waals surface area contributed by atoms with Gasteiger partial charge >= 0.3 is 6.09 Å². The van der Waals surface area contributed by atoms with Gasteiger partial charge in [0.05, 0.1) is 6.61 Å². The summed E-state index contributed by atoms with van der Waals surface area (Å²) in [7, 11) is 0. The van der Waals surface area contributed by atoms with Crippen LogP contribution in [-0.2, 0) is 4.74 Å². The van der Waals surface area contributed by atoms with Crippen LogP contribution in [-0.4, -0.2) is 46.7 Å². The molecule has 150 valence electrons. The zero-order chi connectivity index (χ0) is 20.1. The third kappa shape index (κ3) is 4.85. The van der Waals surface area contributed by atoms with Crippen molar-refractivity contribution >= 4 is 23.5 Å². The number of hydrogen-bond acceptors (Lipinski definition) is 6. The van der Waals surface area contributed by atoms with Gasteiger partial charge in [0.2, 0.25) is 5.95 Å². The number of benzene rings is 1. The number of halogens is 2. The fourth-order valence-corrected chi connectivity index (χ4v) is 3.05. The number of nitrogens with zero attached hydrogens (tertiary/aromatic N) is 3. The second-order valence-corrected chi connectivity index (χ2v) is 6.54. The molecule has 7 nitrogen and oxygen atoms in total. The standard InChI is InChI=1S/C19H23F2N5O2/c1-3-28-19(27)26-9-7-13(8-10-26)23-18-22-12(2)11-16(25-18)24-17-14(20)5-4-6-15(17)21/h4-6,11,13H,3,7-10H2,1-2H3,(H2,22,23,24,25). The van der Waals surface area contributed by atoms with Crippen LogP contribution in [0.4, 0.5) is 31.0 Å². The van der Waals surface area contributed by atoms with Crippen LogP contribution in [0.1, 0.15) is 25.5 Å². The molecule has 1 aliphatic heterocycles. The molecule has 2 heterocycles. The molecule has 2 N–H and O–H groups in total. The van der Waals surface area contributed by atoms with Crippen molar-refractivity contribution in [2.75, 3.05) is 30.3 Å². The number of amides is 1. The molecule has 28 heavy (non-hydrogen) atoms. The molecule has 0 spiro atoms. The Hall–Kier alpha value is -2.97. The van der Waals surface area contributed by atoms with Gasteiger partial charge in [0, 0.05) is 30.9 Å². The van der Waals surface area contributed by atoms with E-state index in [1.165, 1.54) is 18.2 Å². The van der Waals surface area contributed by atoms with Crippen molar-refractivity contribution in [2.24, 2.45) is 0 Å². The minimum Gasteiger partial charge on any atom is -0.450 e. The summed E-state index contributed by atoms with van der Waals surface area (Å²) < 4.78 is 32.7. The molecular weight excluding hydrogens is 368 g/mol. The monoisotopic (exact) mass is 391 g/mol. The first kappa shape index (κ1) is 19.8. The van der Waals surface area contributed by atoms with Gasteiger partial charge in [0.25, 0.3) is 0 Å². The van der Waals surface area contributed by atoms with Gasteiger partial charge in [-0.05, 0) is 38.8 Å². The van der Waals surface area contributed by atoms with E-state index in [0.717, 1.165) is 12.8 Å². The molecule has 1 aliphatic rings. The fourth-order valence-electron chi connectivity index (χ4n) is 3.05. The number of carbonyl (C=O) groups is 1. The van der Waals surface area contributed by atoms with Gasteiger partial charge in [0.1, 0.15) is 23.1 Å². The molecule has 1 saturated heterocycles. The van der Waals surface area contributed by atoms with E-state index in [2.05, 4.69) is 20.6 Å². The normalized spacial score (nSPS) is 14.6. The molecule has 0 atom stereocenters. The highest BCUT2D eigenvalue weighted by molar-refractivity contribution is 5.67. The van der Waals surface area contributed by atoms with E-state index < -0.39 is 11.6 Å². The van der Waals surface area contributed by atoms with Crippen LogP contribution in [0.25, 0.3) is 0 Å². The summed E-state index contributed by atoms with van der Waals surface area (Å²) in [4.78, 5) is 22.1. The van der Waals surface area contributed by atoms with Crippen LogP contribution in [0.2, 0.25) is 0 Å². The molecule has 0 aliphatic carbocycles. The number of aryl methyl sites for hydroxylation is 1. The van der Waals surface area contributed by atoms with Gasteiger partial charge < -0.3 is 20.3 Å². The highest BCUT2D eigenvalue weighted by atomic mass is 19.1. The summed E-state index contributed by atoms with van der Waals surface area (Å²) >= 11 is 0. The lowest BCUT2D eigenvalue weighted by Crippen LogP contribution is -2.42. The number of piperidine rings is 1. The van der Waals surface area contributed by atoms with Crippen molar-refractivity contribution in [3.63, 3.8) is 0 Å². The van der Waals surface area contributed by atoms with Gasteiger partial charge in [-0.1, -0.05) is 6.07 Å². The van der Waals surface area contributed by atoms with Crippen molar-refractivity contribution < 1.29 is 18.3 Å². The number of aromatic nitrogens is 2. The highest BCUT2D eigenvalue weighted by Gasteiger charge is 2.24. The summed E-state index contributed by atoms with van der Waals surface area (Å²) in [5.41, 5.74) is 0.398. The average molecular weight is 391 g/mol. The Morgan fingerprint density at radius 2 is 1.93 bits per heavy atom. The highest BCUT2D eigenvalue weighted by Crippen LogP contribution is 2.23. The first-order valence-electron chi connectivity index (χ1n) is 9.21. The maximum absolute atomic E-state index is 13.9. The molecule has 1 amide bonds. The van der Waals surface area contributed by atoms with Crippen LogP contribution in [0.15, 0.2) is 24.3 Å². The van der Waals surface area contributed by atoms with Crippen LogP contribution in [0, 0.1) is 18.6 Å². The molecule has 0 unspecified atom stereocenters. The largest absolute Gasteiger partial charge is 0.450 e. The Morgan fingerprint density at radius 3 is 2.57 bits per heavy atom. The van der Waals surface area contributed by atoms with Gasteiger partial charge in [-0.15, -0.1) is 0 Å². The quantitative estimate of drug-likeness (QED) is 0.806. The number of rotatable bonds is 5. The Bertz CT molecular complexity index is 821. The Morgan fingerprint density at radius 1 is 1.25 bits per heavy atom. The van der Waals surface area contributed by atoms with Crippen LogP contribution in [0.5, 0.6) is 0 Å². The smallest absolute Gasteiger partial charge is 0.409 e. The fraction of sp³-hybridized carbons (Fsp3) is 0.421. The topological polar surface area (TPSA) is 79.4 Å². The van der Waals surface area contributed by atoms with E-state index in [4.69, 9.17) is 4.74 Å². The third-order valence-electron chi connectivity index (χ3n) is 4.42. The average Bonchev–Trinajstić information content (AvgIpc) is 2.65. The number of ether oxygens (including phenoxy) is 1. The van der Waals surface area contributed by atoms with Gasteiger partial charge in [-0.25, -0.2) is 18.6 Å². The second kappa shape index (κ2) is 8.81. The van der Waals surface area contributed by atoms with E-state index in [1.807, 2.05) is 0 Å². The van der Waals surface area contributed by atoms with Crippen molar-refractivity contribution in [1.29, 1.82) is 0 Å². The third-order valence-corrected chi connectivity index (χ3v) is 4.42. The van der Waals surface area contributed by atoms with Crippen LogP contribution < -0.4 is 10.6 Å². The molecular formula is C19H23F2N5O2. The van der Waals surface area contributed by atoms with Gasteiger partial charge in [0.15, 0.2) is 0 Å². The lowest BCUT2D eigenvalue weighted by Gasteiger charge is -2.31. The second-order valence-electron chi connectivity index (χ2n) is 6.54. The number of nitrogens with one attached hydrogen (secondary N) is 2. The Kier molecular flexibility index (Phi) is 6.23. The molecule has 1 aromatic carbocycles. The molecule has 0 radical (unpaired) electrons. The number of likely N-dealkylation sites (tertiary alicyclic amines) is 1. The molecule has 2 aromatic rings. The minimum atomic E-state index is -0.697. The summed E-state index contributed by atoms with van der Waals surface area (Å²) in [5, 5.41) is 5.92. The van der Waals surface area contributed by atoms with Crippen LogP contribution in [0.3, 0.4) is 0 Å². The van der Waals surface area contributed by atoms with Crippen molar-refractivity contribution in [3.05, 3.63) is 41.6 Å². The predicted molar refractivity (Wildman–Crippen MR) is 102 cm³/mol. The number of para-hydroxylation sites is 1. The van der Waals surface area contributed by atoms with E-state index in [0.29, 0.717) is 37.2 Å². The summed E-state index contributed by atoms with van der Waals surface area (Å²) in [5.74, 6) is -0.731. The Balaban J connectivity index is 1.65. The lowest BCUT2D eigenvalue weighted by molar-refractivity contribution is 0.0983. The maximum atomic E-state index is 13.9. The van der Waals surface area contributed by atoms with Gasteiger partial charge in [-0.2, -0.15) is 4.98 Å². The zero-order valence-electron chi connectivity index (χ0n) is 15.8. The van der Waals surface area contributed by atoms with E-state index in [9.17, 15) is 13.6 Å². The molecule has 1 fully saturated rings. The summed E-state index contributed by atoms with van der Waals surface area (Å²) in [6, 6.07) is 5.36. The van der Waals surface area contributed by atoms with E-state index >= 15 is 0 Å². The van der Waals surface area contributed by atoms with Gasteiger partial charge in [-0.3, -0.25) is 0 Å². The zero-order valence-corrected chi connectivity index (χ0v) is 15.8. The SMILES string of the molecule is CCOC(=O)N1CCC(Nc2nc(C)cc(Nc3c(F)cccc3F)n2)CC1. The number of hydrogen-bond donors (Lipinski definition) is 2. The molecule has 0 saturated carbocycles. The first-order chi connectivity index (χ1) is 13.5. The molecule has 0 bridgehead atoms. The van der Waals surface area contributed by atoms with Crippen molar-refractivity contribution in [1.82, 2.24) is 14.9 Å². The van der Waals surface area contributed by atoms with Crippen molar-refractivity contribution in [3.8, 4) is 0 Å². The predicted octanol–water partition coefficient (Wildman–Crippen LogP) is 3.84. The van der Waals surface area contributed by atoms with E-state index in [1.54, 1.807) is 24.8 Å². The number of carbonyl (C=O) groups excluding carboxylic acids is 1. The molecule has 9 heteroatoms. The number of anilines is 3. The lowest BCUT2D eigenvalue weighted by atomic mass is 10.1. The summed E-state index contributed by atoms with van der Waals surface area (Å²) in [6.07, 6.45) is 1.15. The summed E-state index contributed by atoms with van der Waals surface area (Å²) in [6.45, 7) is 5.06. The molecule has 3 rings (SSSR count). The van der Waals surface area contributed by atoms with Crippen LogP contribution >= 0.6 is 0 Å².